The molecule has 0 spiro atoms. The molecule has 0 bridgehead atoms. The summed E-state index contributed by atoms with van der Waals surface area (Å²) in [6.07, 6.45) is 2.41. The number of carbonyl (C=O) groups is 2. The van der Waals surface area contributed by atoms with Gasteiger partial charge in [-0.25, -0.2) is 0 Å². The van der Waals surface area contributed by atoms with Crippen LogP contribution in [-0.4, -0.2) is 46.2 Å². The van der Waals surface area contributed by atoms with Gasteiger partial charge in [-0.05, 0) is 43.0 Å². The van der Waals surface area contributed by atoms with Crippen LogP contribution in [0.4, 0.5) is 0 Å². The molecule has 1 saturated heterocycles. The lowest BCUT2D eigenvalue weighted by molar-refractivity contribution is -0.143. The van der Waals surface area contributed by atoms with Gasteiger partial charge in [0, 0.05) is 47.0 Å². The quantitative estimate of drug-likeness (QED) is 0.638. The van der Waals surface area contributed by atoms with Crippen molar-refractivity contribution in [3.05, 3.63) is 70.4 Å². The Kier molecular flexibility index (Phi) is 5.22. The molecule has 1 aromatic heterocycles. The molecule has 5 nitrogen and oxygen atoms in total. The van der Waals surface area contributed by atoms with Crippen molar-refractivity contribution in [2.75, 3.05) is 19.6 Å². The molecule has 1 fully saturated rings. The summed E-state index contributed by atoms with van der Waals surface area (Å²) in [6.45, 7) is 3.42. The van der Waals surface area contributed by atoms with E-state index in [2.05, 4.69) is 24.0 Å². The lowest BCUT2D eigenvalue weighted by atomic mass is 9.83. The van der Waals surface area contributed by atoms with Gasteiger partial charge in [0.25, 0.3) is 0 Å². The van der Waals surface area contributed by atoms with Crippen LogP contribution in [0.25, 0.3) is 10.9 Å². The van der Waals surface area contributed by atoms with Crippen molar-refractivity contribution in [3.63, 3.8) is 0 Å². The number of piperidine rings is 1. The Bertz CT molecular complexity index is 1150. The third-order valence-electron chi connectivity index (χ3n) is 6.74. The minimum Gasteiger partial charge on any atom is -0.356 e. The first-order valence-electron chi connectivity index (χ1n) is 11.0. The van der Waals surface area contributed by atoms with Gasteiger partial charge in [0.15, 0.2) is 0 Å². The zero-order chi connectivity index (χ0) is 21.5. The maximum atomic E-state index is 13.4. The van der Waals surface area contributed by atoms with Crippen molar-refractivity contribution in [2.24, 2.45) is 0 Å². The topological polar surface area (TPSA) is 56.4 Å². The Balaban J connectivity index is 1.56. The van der Waals surface area contributed by atoms with E-state index in [1.165, 1.54) is 10.9 Å². The van der Waals surface area contributed by atoms with Gasteiger partial charge in [0.1, 0.15) is 0 Å². The molecule has 2 unspecified atom stereocenters. The van der Waals surface area contributed by atoms with E-state index >= 15 is 0 Å². The van der Waals surface area contributed by atoms with Gasteiger partial charge in [-0.2, -0.15) is 0 Å². The normalized spacial score (nSPS) is 21.4. The van der Waals surface area contributed by atoms with E-state index in [0.717, 1.165) is 29.6 Å². The van der Waals surface area contributed by atoms with Gasteiger partial charge in [-0.3, -0.25) is 9.59 Å². The minimum absolute atomic E-state index is 0.0101. The van der Waals surface area contributed by atoms with Crippen molar-refractivity contribution in [2.45, 2.75) is 38.1 Å². The molecule has 0 radical (unpaired) electrons. The van der Waals surface area contributed by atoms with Gasteiger partial charge in [0.2, 0.25) is 11.8 Å². The SMILES string of the molecule is CC1c2[nH]c3ccccc3c2C(c2ccccc2Cl)CN1C(=O)CN1CCCCC1=O. The zero-order valence-corrected chi connectivity index (χ0v) is 18.4. The summed E-state index contributed by atoms with van der Waals surface area (Å²) in [5.41, 5.74) is 4.36. The van der Waals surface area contributed by atoms with Crippen molar-refractivity contribution < 1.29 is 9.59 Å². The predicted molar refractivity (Wildman–Crippen MR) is 122 cm³/mol. The summed E-state index contributed by atoms with van der Waals surface area (Å²) in [7, 11) is 0. The third kappa shape index (κ3) is 3.51. The first-order chi connectivity index (χ1) is 15.0. The van der Waals surface area contributed by atoms with E-state index < -0.39 is 0 Å². The number of nitrogens with zero attached hydrogens (tertiary/aromatic N) is 2. The van der Waals surface area contributed by atoms with Crippen molar-refractivity contribution >= 4 is 34.3 Å². The van der Waals surface area contributed by atoms with Gasteiger partial charge >= 0.3 is 0 Å². The minimum atomic E-state index is -0.103. The lowest BCUT2D eigenvalue weighted by Crippen LogP contribution is -2.48. The first-order valence-corrected chi connectivity index (χ1v) is 11.3. The number of rotatable bonds is 3. The fourth-order valence-corrected chi connectivity index (χ4v) is 5.37. The van der Waals surface area contributed by atoms with Crippen molar-refractivity contribution in [1.82, 2.24) is 14.8 Å². The second kappa shape index (κ2) is 8.04. The molecule has 2 aromatic carbocycles. The van der Waals surface area contributed by atoms with E-state index in [-0.39, 0.29) is 30.3 Å². The molecule has 2 atom stereocenters. The number of amides is 2. The van der Waals surface area contributed by atoms with Crippen molar-refractivity contribution in [3.8, 4) is 0 Å². The Labute approximate surface area is 187 Å². The van der Waals surface area contributed by atoms with E-state index in [4.69, 9.17) is 11.6 Å². The largest absolute Gasteiger partial charge is 0.356 e. The van der Waals surface area contributed by atoms with Crippen LogP contribution in [0.3, 0.4) is 0 Å². The molecule has 2 aliphatic rings. The maximum absolute atomic E-state index is 13.4. The van der Waals surface area contributed by atoms with Crippen LogP contribution >= 0.6 is 11.6 Å². The molecule has 3 heterocycles. The first kappa shape index (κ1) is 20.1. The van der Waals surface area contributed by atoms with E-state index in [0.29, 0.717) is 24.5 Å². The van der Waals surface area contributed by atoms with Crippen LogP contribution in [0.2, 0.25) is 5.02 Å². The number of carbonyl (C=O) groups excluding carboxylic acids is 2. The smallest absolute Gasteiger partial charge is 0.242 e. The maximum Gasteiger partial charge on any atom is 0.242 e. The van der Waals surface area contributed by atoms with Crippen LogP contribution < -0.4 is 0 Å². The Morgan fingerprint density at radius 3 is 2.71 bits per heavy atom. The summed E-state index contributed by atoms with van der Waals surface area (Å²) < 4.78 is 0. The molecular formula is C25H26ClN3O2. The molecule has 3 aromatic rings. The molecule has 160 valence electrons. The van der Waals surface area contributed by atoms with Crippen LogP contribution in [0, 0.1) is 0 Å². The van der Waals surface area contributed by atoms with Gasteiger partial charge in [0.05, 0.1) is 12.6 Å². The van der Waals surface area contributed by atoms with Gasteiger partial charge in [-0.15, -0.1) is 0 Å². The summed E-state index contributed by atoms with van der Waals surface area (Å²) in [5.74, 6) is 0.0411. The van der Waals surface area contributed by atoms with E-state index in [1.807, 2.05) is 41.3 Å². The summed E-state index contributed by atoms with van der Waals surface area (Å²) in [5, 5.41) is 1.88. The molecule has 6 heteroatoms. The molecule has 5 rings (SSSR count). The average molecular weight is 436 g/mol. The number of likely N-dealkylation sites (tertiary alicyclic amines) is 1. The van der Waals surface area contributed by atoms with Crippen LogP contribution in [-0.2, 0) is 9.59 Å². The van der Waals surface area contributed by atoms with Crippen LogP contribution in [0.1, 0.15) is 55.0 Å². The number of benzene rings is 2. The van der Waals surface area contributed by atoms with E-state index in [9.17, 15) is 9.59 Å². The monoisotopic (exact) mass is 435 g/mol. The molecule has 2 amide bonds. The highest BCUT2D eigenvalue weighted by molar-refractivity contribution is 6.31. The fraction of sp³-hybridized carbons (Fsp3) is 0.360. The number of hydrogen-bond acceptors (Lipinski definition) is 2. The number of H-pyrrole nitrogens is 1. The molecule has 0 aliphatic carbocycles. The molecule has 31 heavy (non-hydrogen) atoms. The second-order valence-corrected chi connectivity index (χ2v) is 8.97. The standard InChI is InChI=1S/C25H26ClN3O2/c1-16-25-24(18-9-3-5-11-21(18)27-25)19(17-8-2-4-10-20(17)26)14-29(16)23(31)15-28-13-7-6-12-22(28)30/h2-5,8-11,16,19,27H,6-7,12-15H2,1H3. The number of aromatic nitrogens is 1. The van der Waals surface area contributed by atoms with Crippen LogP contribution in [0.5, 0.6) is 0 Å². The Morgan fingerprint density at radius 2 is 1.90 bits per heavy atom. The third-order valence-corrected chi connectivity index (χ3v) is 7.08. The average Bonchev–Trinajstić information content (AvgIpc) is 3.17. The summed E-state index contributed by atoms with van der Waals surface area (Å²) in [6, 6.07) is 16.0. The Hall–Kier alpha value is -2.79. The number of nitrogens with one attached hydrogen (secondary N) is 1. The Morgan fingerprint density at radius 1 is 1.13 bits per heavy atom. The van der Waals surface area contributed by atoms with Gasteiger partial charge < -0.3 is 14.8 Å². The number of halogens is 1. The molecule has 1 N–H and O–H groups in total. The number of hydrogen-bond donors (Lipinski definition) is 1. The fourth-order valence-electron chi connectivity index (χ4n) is 5.10. The highest BCUT2D eigenvalue weighted by Crippen LogP contribution is 2.44. The highest BCUT2D eigenvalue weighted by atomic mass is 35.5. The van der Waals surface area contributed by atoms with Crippen LogP contribution in [0.15, 0.2) is 48.5 Å². The molecule has 2 aliphatic heterocycles. The van der Waals surface area contributed by atoms with Gasteiger partial charge in [-0.1, -0.05) is 48.0 Å². The number of fused-ring (bicyclic) bond motifs is 3. The summed E-state index contributed by atoms with van der Waals surface area (Å²) >= 11 is 6.61. The predicted octanol–water partition coefficient (Wildman–Crippen LogP) is 4.87. The molecular weight excluding hydrogens is 410 g/mol. The van der Waals surface area contributed by atoms with E-state index in [1.54, 1.807) is 4.90 Å². The summed E-state index contributed by atoms with van der Waals surface area (Å²) in [4.78, 5) is 32.9. The highest BCUT2D eigenvalue weighted by Gasteiger charge is 2.38. The number of aromatic amines is 1. The van der Waals surface area contributed by atoms with Crippen molar-refractivity contribution in [1.29, 1.82) is 0 Å². The second-order valence-electron chi connectivity index (χ2n) is 8.57. The zero-order valence-electron chi connectivity index (χ0n) is 17.6. The lowest BCUT2D eigenvalue weighted by Gasteiger charge is -2.40. The number of para-hydroxylation sites is 1. The molecule has 0 saturated carbocycles.